The zero-order chi connectivity index (χ0) is 16.8. The van der Waals surface area contributed by atoms with Crippen LogP contribution in [-0.2, 0) is 0 Å². The lowest BCUT2D eigenvalue weighted by molar-refractivity contribution is 0.163. The number of phenolic OH excluding ortho intramolecular Hbond substituents is 1. The molecule has 2 heteroatoms. The Morgan fingerprint density at radius 2 is 1.13 bits per heavy atom. The summed E-state index contributed by atoms with van der Waals surface area (Å²) in [6.45, 7) is 2.27. The second kappa shape index (κ2) is 13.4. The second-order valence-electron chi connectivity index (χ2n) is 6.79. The fourth-order valence-corrected chi connectivity index (χ4v) is 3.04. The van der Waals surface area contributed by atoms with Crippen LogP contribution in [0.1, 0.15) is 102 Å². The molecule has 0 fully saturated rings. The van der Waals surface area contributed by atoms with Gasteiger partial charge >= 0.3 is 0 Å². The van der Waals surface area contributed by atoms with Crippen LogP contribution >= 0.6 is 0 Å². The van der Waals surface area contributed by atoms with Gasteiger partial charge in [-0.15, -0.1) is 0 Å². The zero-order valence-electron chi connectivity index (χ0n) is 15.0. The van der Waals surface area contributed by atoms with Crippen molar-refractivity contribution in [2.45, 2.75) is 96.5 Å². The zero-order valence-corrected chi connectivity index (χ0v) is 15.0. The number of aromatic hydroxyl groups is 1. The van der Waals surface area contributed by atoms with Crippen molar-refractivity contribution in [3.05, 3.63) is 29.8 Å². The number of aliphatic hydroxyl groups excluding tert-OH is 1. The van der Waals surface area contributed by atoms with Crippen molar-refractivity contribution < 1.29 is 10.2 Å². The predicted octanol–water partition coefficient (Wildman–Crippen LogP) is 6.52. The van der Waals surface area contributed by atoms with Crippen LogP contribution in [0.5, 0.6) is 5.75 Å². The molecule has 0 radical (unpaired) electrons. The van der Waals surface area contributed by atoms with Crippen LogP contribution in [-0.4, -0.2) is 10.2 Å². The summed E-state index contributed by atoms with van der Waals surface area (Å²) in [7, 11) is 0. The molecule has 1 aromatic rings. The van der Waals surface area contributed by atoms with Crippen molar-refractivity contribution in [3.63, 3.8) is 0 Å². The van der Waals surface area contributed by atoms with E-state index in [9.17, 15) is 10.2 Å². The van der Waals surface area contributed by atoms with Gasteiger partial charge in [-0.25, -0.2) is 0 Å². The van der Waals surface area contributed by atoms with Crippen LogP contribution < -0.4 is 0 Å². The average molecular weight is 321 g/mol. The van der Waals surface area contributed by atoms with E-state index in [2.05, 4.69) is 6.92 Å². The van der Waals surface area contributed by atoms with Crippen LogP contribution in [0.15, 0.2) is 24.3 Å². The van der Waals surface area contributed by atoms with Gasteiger partial charge in [0.25, 0.3) is 0 Å². The lowest BCUT2D eigenvalue weighted by atomic mass is 10.0. The van der Waals surface area contributed by atoms with E-state index in [0.29, 0.717) is 0 Å². The first-order chi connectivity index (χ1) is 11.2. The first-order valence-electron chi connectivity index (χ1n) is 9.71. The van der Waals surface area contributed by atoms with Gasteiger partial charge in [-0.2, -0.15) is 0 Å². The summed E-state index contributed by atoms with van der Waals surface area (Å²) in [4.78, 5) is 0. The van der Waals surface area contributed by atoms with E-state index in [1.165, 1.54) is 70.6 Å². The van der Waals surface area contributed by atoms with E-state index < -0.39 is 6.10 Å². The highest BCUT2D eigenvalue weighted by atomic mass is 16.3. The molecule has 1 unspecified atom stereocenters. The van der Waals surface area contributed by atoms with Crippen molar-refractivity contribution in [2.75, 3.05) is 0 Å². The molecule has 1 aromatic carbocycles. The molecule has 0 aromatic heterocycles. The fraction of sp³-hybridized carbons (Fsp3) is 0.714. The van der Waals surface area contributed by atoms with Gasteiger partial charge in [0.15, 0.2) is 0 Å². The number of benzene rings is 1. The number of aliphatic hydroxyl groups is 1. The third-order valence-corrected chi connectivity index (χ3v) is 4.61. The standard InChI is InChI=1S/C21H36O2/c1-2-3-4-5-6-7-8-9-10-11-12-13-14-21(23)19-15-17-20(22)18-16-19/h15-18,21-23H,2-14H2,1H3. The summed E-state index contributed by atoms with van der Waals surface area (Å²) >= 11 is 0. The van der Waals surface area contributed by atoms with Crippen LogP contribution in [0.25, 0.3) is 0 Å². The van der Waals surface area contributed by atoms with Crippen molar-refractivity contribution in [3.8, 4) is 5.75 Å². The molecule has 2 N–H and O–H groups in total. The van der Waals surface area contributed by atoms with Crippen molar-refractivity contribution in [1.29, 1.82) is 0 Å². The van der Waals surface area contributed by atoms with Gasteiger partial charge in [0.1, 0.15) is 5.75 Å². The Morgan fingerprint density at radius 3 is 1.61 bits per heavy atom. The summed E-state index contributed by atoms with van der Waals surface area (Å²) in [5.74, 6) is 0.256. The topological polar surface area (TPSA) is 40.5 Å². The van der Waals surface area contributed by atoms with Crippen LogP contribution in [0.3, 0.4) is 0 Å². The molecule has 0 saturated heterocycles. The highest BCUT2D eigenvalue weighted by Gasteiger charge is 2.06. The molecule has 0 aliphatic carbocycles. The summed E-state index contributed by atoms with van der Waals surface area (Å²) in [6, 6.07) is 6.89. The van der Waals surface area contributed by atoms with E-state index in [1.807, 2.05) is 0 Å². The SMILES string of the molecule is CCCCCCCCCCCCCCC(O)c1ccc(O)cc1. The third kappa shape index (κ3) is 10.4. The highest BCUT2D eigenvalue weighted by molar-refractivity contribution is 5.27. The number of hydrogen-bond donors (Lipinski definition) is 2. The number of unbranched alkanes of at least 4 members (excludes halogenated alkanes) is 11. The summed E-state index contributed by atoms with van der Waals surface area (Å²) in [5, 5.41) is 19.3. The van der Waals surface area contributed by atoms with Crippen LogP contribution in [0, 0.1) is 0 Å². The maximum atomic E-state index is 10.1. The molecule has 0 aliphatic rings. The molecule has 0 aliphatic heterocycles. The Labute approximate surface area is 142 Å². The van der Waals surface area contributed by atoms with E-state index in [-0.39, 0.29) is 5.75 Å². The molecule has 1 atom stereocenters. The highest BCUT2D eigenvalue weighted by Crippen LogP contribution is 2.22. The molecule has 0 heterocycles. The molecule has 2 nitrogen and oxygen atoms in total. The summed E-state index contributed by atoms with van der Waals surface area (Å²) in [6.07, 6.45) is 16.5. The van der Waals surface area contributed by atoms with E-state index >= 15 is 0 Å². The fourth-order valence-electron chi connectivity index (χ4n) is 3.04. The normalized spacial score (nSPS) is 12.4. The Morgan fingerprint density at radius 1 is 0.696 bits per heavy atom. The first-order valence-corrected chi connectivity index (χ1v) is 9.71. The van der Waals surface area contributed by atoms with Gasteiger partial charge in [0, 0.05) is 0 Å². The molecular formula is C21H36O2. The van der Waals surface area contributed by atoms with Crippen LogP contribution in [0.4, 0.5) is 0 Å². The molecular weight excluding hydrogens is 284 g/mol. The number of rotatable bonds is 14. The first kappa shape index (κ1) is 20.0. The van der Waals surface area contributed by atoms with E-state index in [4.69, 9.17) is 0 Å². The van der Waals surface area contributed by atoms with E-state index in [0.717, 1.165) is 18.4 Å². The lowest BCUT2D eigenvalue weighted by Gasteiger charge is -2.10. The van der Waals surface area contributed by atoms with Gasteiger partial charge in [-0.3, -0.25) is 0 Å². The van der Waals surface area contributed by atoms with E-state index in [1.54, 1.807) is 24.3 Å². The minimum atomic E-state index is -0.390. The summed E-state index contributed by atoms with van der Waals surface area (Å²) in [5.41, 5.74) is 0.908. The number of hydrogen-bond acceptors (Lipinski definition) is 2. The largest absolute Gasteiger partial charge is 0.508 e. The Hall–Kier alpha value is -1.02. The van der Waals surface area contributed by atoms with Crippen molar-refractivity contribution >= 4 is 0 Å². The monoisotopic (exact) mass is 320 g/mol. The molecule has 0 bridgehead atoms. The molecule has 132 valence electrons. The average Bonchev–Trinajstić information content (AvgIpc) is 2.56. The quantitative estimate of drug-likeness (QED) is 0.383. The van der Waals surface area contributed by atoms with Crippen molar-refractivity contribution in [1.82, 2.24) is 0 Å². The molecule has 0 amide bonds. The van der Waals surface area contributed by atoms with Gasteiger partial charge in [-0.1, -0.05) is 96.1 Å². The van der Waals surface area contributed by atoms with Crippen molar-refractivity contribution in [2.24, 2.45) is 0 Å². The van der Waals surface area contributed by atoms with Crippen LogP contribution in [0.2, 0.25) is 0 Å². The molecule has 0 spiro atoms. The Kier molecular flexibility index (Phi) is 11.7. The number of phenols is 1. The third-order valence-electron chi connectivity index (χ3n) is 4.61. The minimum absolute atomic E-state index is 0.256. The summed E-state index contributed by atoms with van der Waals surface area (Å²) < 4.78 is 0. The Bertz CT molecular complexity index is 372. The minimum Gasteiger partial charge on any atom is -0.508 e. The second-order valence-corrected chi connectivity index (χ2v) is 6.79. The van der Waals surface area contributed by atoms with Gasteiger partial charge < -0.3 is 10.2 Å². The Balaban J connectivity index is 1.88. The predicted molar refractivity (Wildman–Crippen MR) is 98.8 cm³/mol. The molecule has 23 heavy (non-hydrogen) atoms. The van der Waals surface area contributed by atoms with Gasteiger partial charge in [0.05, 0.1) is 6.10 Å². The molecule has 0 saturated carbocycles. The molecule has 1 rings (SSSR count). The maximum absolute atomic E-state index is 10.1. The lowest BCUT2D eigenvalue weighted by Crippen LogP contribution is -1.96. The maximum Gasteiger partial charge on any atom is 0.115 e. The van der Waals surface area contributed by atoms with Gasteiger partial charge in [0.2, 0.25) is 0 Å². The van der Waals surface area contributed by atoms with Gasteiger partial charge in [-0.05, 0) is 24.1 Å². The smallest absolute Gasteiger partial charge is 0.115 e.